The average molecular weight is 512 g/mol. The third-order valence-electron chi connectivity index (χ3n) is 5.43. The molecule has 9 heteroatoms. The van der Waals surface area contributed by atoms with Crippen molar-refractivity contribution in [3.63, 3.8) is 0 Å². The maximum absolute atomic E-state index is 12.8. The van der Waals surface area contributed by atoms with Crippen LogP contribution in [0.1, 0.15) is 22.8 Å². The van der Waals surface area contributed by atoms with Gasteiger partial charge in [0.25, 0.3) is 0 Å². The fourth-order valence-electron chi connectivity index (χ4n) is 3.61. The number of ether oxygens (including phenoxy) is 3. The van der Waals surface area contributed by atoms with Gasteiger partial charge in [0.15, 0.2) is 0 Å². The number of anilines is 1. The molecule has 0 saturated heterocycles. The fraction of sp³-hybridized carbons (Fsp3) is 0.103. The Kier molecular flexibility index (Phi) is 8.30. The van der Waals surface area contributed by atoms with Gasteiger partial charge >= 0.3 is 17.8 Å². The number of methoxy groups -OCH3 is 1. The van der Waals surface area contributed by atoms with Crippen molar-refractivity contribution in [3.05, 3.63) is 96.1 Å². The summed E-state index contributed by atoms with van der Waals surface area (Å²) in [6, 6.07) is 24.1. The van der Waals surface area contributed by atoms with E-state index in [2.05, 4.69) is 15.8 Å². The minimum atomic E-state index is -0.975. The number of amides is 2. The van der Waals surface area contributed by atoms with Crippen LogP contribution in [-0.4, -0.2) is 37.7 Å². The number of fused-ring (bicyclic) bond motifs is 1. The van der Waals surface area contributed by atoms with Gasteiger partial charge in [-0.2, -0.15) is 5.10 Å². The Hall–Kier alpha value is -5.18. The third-order valence-corrected chi connectivity index (χ3v) is 5.43. The summed E-state index contributed by atoms with van der Waals surface area (Å²) in [4.78, 5) is 37.4. The molecule has 0 aliphatic rings. The van der Waals surface area contributed by atoms with Crippen molar-refractivity contribution < 1.29 is 28.6 Å². The fourth-order valence-corrected chi connectivity index (χ4v) is 3.61. The van der Waals surface area contributed by atoms with E-state index in [1.54, 1.807) is 54.6 Å². The van der Waals surface area contributed by atoms with Crippen molar-refractivity contribution in [2.75, 3.05) is 19.0 Å². The topological polar surface area (TPSA) is 115 Å². The molecule has 0 fully saturated rings. The van der Waals surface area contributed by atoms with Crippen molar-refractivity contribution in [3.8, 4) is 17.2 Å². The van der Waals surface area contributed by atoms with Crippen LogP contribution >= 0.6 is 0 Å². The second kappa shape index (κ2) is 12.2. The summed E-state index contributed by atoms with van der Waals surface area (Å²) in [5.74, 6) is -1.04. The zero-order valence-electron chi connectivity index (χ0n) is 20.8. The van der Waals surface area contributed by atoms with Gasteiger partial charge in [-0.25, -0.2) is 10.2 Å². The molecule has 38 heavy (non-hydrogen) atoms. The zero-order valence-corrected chi connectivity index (χ0v) is 20.8. The number of rotatable bonds is 8. The van der Waals surface area contributed by atoms with E-state index in [-0.39, 0.29) is 5.75 Å². The lowest BCUT2D eigenvalue weighted by molar-refractivity contribution is -0.136. The molecule has 2 amide bonds. The lowest BCUT2D eigenvalue weighted by Gasteiger charge is -2.11. The molecule has 0 unspecified atom stereocenters. The maximum Gasteiger partial charge on any atom is 0.343 e. The van der Waals surface area contributed by atoms with Crippen LogP contribution in [0.4, 0.5) is 5.69 Å². The molecule has 0 saturated carbocycles. The monoisotopic (exact) mass is 511 g/mol. The Morgan fingerprint density at radius 1 is 0.868 bits per heavy atom. The van der Waals surface area contributed by atoms with Crippen molar-refractivity contribution >= 4 is 40.5 Å². The lowest BCUT2D eigenvalue weighted by Crippen LogP contribution is -2.32. The number of hydrogen-bond acceptors (Lipinski definition) is 7. The van der Waals surface area contributed by atoms with Gasteiger partial charge in [0.05, 0.1) is 25.5 Å². The Labute approximate surface area is 219 Å². The summed E-state index contributed by atoms with van der Waals surface area (Å²) in [5, 5.41) is 8.03. The quantitative estimate of drug-likeness (QED) is 0.118. The van der Waals surface area contributed by atoms with E-state index >= 15 is 0 Å². The molecule has 0 atom stereocenters. The smallest absolute Gasteiger partial charge is 0.343 e. The largest absolute Gasteiger partial charge is 0.497 e. The van der Waals surface area contributed by atoms with Crippen molar-refractivity contribution in [1.29, 1.82) is 0 Å². The highest BCUT2D eigenvalue weighted by atomic mass is 16.5. The van der Waals surface area contributed by atoms with Gasteiger partial charge in [-0.3, -0.25) is 9.59 Å². The van der Waals surface area contributed by atoms with Crippen LogP contribution < -0.4 is 25.0 Å². The third kappa shape index (κ3) is 6.33. The molecular weight excluding hydrogens is 486 g/mol. The van der Waals surface area contributed by atoms with E-state index in [9.17, 15) is 14.4 Å². The molecule has 0 bridgehead atoms. The Bertz CT molecular complexity index is 1500. The van der Waals surface area contributed by atoms with E-state index in [0.29, 0.717) is 34.9 Å². The molecule has 2 N–H and O–H groups in total. The number of carbonyl (C=O) groups excluding carboxylic acids is 3. The van der Waals surface area contributed by atoms with Crippen molar-refractivity contribution in [2.45, 2.75) is 6.92 Å². The molecule has 0 aromatic heterocycles. The van der Waals surface area contributed by atoms with Crippen LogP contribution in [0.3, 0.4) is 0 Å². The average Bonchev–Trinajstić information content (AvgIpc) is 2.94. The summed E-state index contributed by atoms with van der Waals surface area (Å²) in [7, 11) is 1.50. The minimum Gasteiger partial charge on any atom is -0.497 e. The number of nitrogens with one attached hydrogen (secondary N) is 2. The number of carbonyl (C=O) groups is 3. The predicted octanol–water partition coefficient (Wildman–Crippen LogP) is 4.56. The van der Waals surface area contributed by atoms with Crippen LogP contribution in [-0.2, 0) is 9.59 Å². The molecule has 4 rings (SSSR count). The highest BCUT2D eigenvalue weighted by Crippen LogP contribution is 2.27. The molecule has 0 radical (unpaired) electrons. The summed E-state index contributed by atoms with van der Waals surface area (Å²) in [6.45, 7) is 2.39. The highest BCUT2D eigenvalue weighted by molar-refractivity contribution is 6.39. The molecule has 4 aromatic rings. The number of hydrazone groups is 1. The van der Waals surface area contributed by atoms with E-state index < -0.39 is 17.8 Å². The standard InChI is InChI=1S/C29H25N3O6/c1-3-37-22-14-11-20(12-15-22)29(35)38-26-16-13-19-7-4-5-10-24(19)25(26)18-30-32-28(34)27(33)31-21-8-6-9-23(17-21)36-2/h4-18H,3H2,1-2H3,(H,31,33)(H,32,34)/b30-18+. The molecule has 0 heterocycles. The van der Waals surface area contributed by atoms with Gasteiger partial charge in [0.2, 0.25) is 0 Å². The van der Waals surface area contributed by atoms with Crippen LogP contribution in [0.25, 0.3) is 10.8 Å². The molecule has 192 valence electrons. The summed E-state index contributed by atoms with van der Waals surface area (Å²) >= 11 is 0. The van der Waals surface area contributed by atoms with Crippen molar-refractivity contribution in [2.24, 2.45) is 5.10 Å². The van der Waals surface area contributed by atoms with Gasteiger partial charge < -0.3 is 19.5 Å². The summed E-state index contributed by atoms with van der Waals surface area (Å²) < 4.78 is 16.2. The first-order chi connectivity index (χ1) is 18.5. The summed E-state index contributed by atoms with van der Waals surface area (Å²) in [5.41, 5.74) is 3.40. The first kappa shape index (κ1) is 25.9. The zero-order chi connectivity index (χ0) is 26.9. The van der Waals surface area contributed by atoms with Crippen LogP contribution in [0, 0.1) is 0 Å². The van der Waals surface area contributed by atoms with E-state index in [1.165, 1.54) is 13.3 Å². The number of benzene rings is 4. The minimum absolute atomic E-state index is 0.237. The van der Waals surface area contributed by atoms with E-state index in [0.717, 1.165) is 10.8 Å². The second-order valence-corrected chi connectivity index (χ2v) is 7.93. The van der Waals surface area contributed by atoms with Crippen LogP contribution in [0.15, 0.2) is 90.0 Å². The van der Waals surface area contributed by atoms with Crippen LogP contribution in [0.5, 0.6) is 17.2 Å². The number of esters is 1. The molecule has 4 aromatic carbocycles. The molecule has 9 nitrogen and oxygen atoms in total. The van der Waals surface area contributed by atoms with E-state index in [1.807, 2.05) is 37.3 Å². The van der Waals surface area contributed by atoms with Gasteiger partial charge in [-0.05, 0) is 60.2 Å². The predicted molar refractivity (Wildman–Crippen MR) is 144 cm³/mol. The first-order valence-electron chi connectivity index (χ1n) is 11.7. The van der Waals surface area contributed by atoms with E-state index in [4.69, 9.17) is 14.2 Å². The Morgan fingerprint density at radius 2 is 1.66 bits per heavy atom. The summed E-state index contributed by atoms with van der Waals surface area (Å²) in [6.07, 6.45) is 1.33. The SMILES string of the molecule is CCOc1ccc(C(=O)Oc2ccc3ccccc3c2/C=N/NC(=O)C(=O)Nc2cccc(OC)c2)cc1. The second-order valence-electron chi connectivity index (χ2n) is 7.93. The van der Waals surface area contributed by atoms with Gasteiger partial charge in [0, 0.05) is 17.3 Å². The van der Waals surface area contributed by atoms with Crippen molar-refractivity contribution in [1.82, 2.24) is 5.43 Å². The van der Waals surface area contributed by atoms with Gasteiger partial charge in [-0.15, -0.1) is 0 Å². The maximum atomic E-state index is 12.8. The molecule has 0 spiro atoms. The molecular formula is C29H25N3O6. The Morgan fingerprint density at radius 3 is 2.42 bits per heavy atom. The van der Waals surface area contributed by atoms with Gasteiger partial charge in [0.1, 0.15) is 17.2 Å². The normalized spacial score (nSPS) is 10.7. The molecule has 0 aliphatic carbocycles. The number of nitrogens with zero attached hydrogens (tertiary/aromatic N) is 1. The van der Waals surface area contributed by atoms with Crippen LogP contribution in [0.2, 0.25) is 0 Å². The Balaban J connectivity index is 1.51. The first-order valence-corrected chi connectivity index (χ1v) is 11.7. The molecule has 0 aliphatic heterocycles. The lowest BCUT2D eigenvalue weighted by atomic mass is 10.0. The highest BCUT2D eigenvalue weighted by Gasteiger charge is 2.16. The number of hydrogen-bond donors (Lipinski definition) is 2. The van der Waals surface area contributed by atoms with Gasteiger partial charge in [-0.1, -0.05) is 36.4 Å².